The molecule has 0 saturated heterocycles. The third-order valence-electron chi connectivity index (χ3n) is 4.51. The Morgan fingerprint density at radius 2 is 2.13 bits per heavy atom. The lowest BCUT2D eigenvalue weighted by Gasteiger charge is -2.18. The smallest absolute Gasteiger partial charge is 0.262 e. The van der Waals surface area contributed by atoms with Crippen LogP contribution in [0.3, 0.4) is 0 Å². The van der Waals surface area contributed by atoms with Crippen LogP contribution in [-0.4, -0.2) is 33.2 Å². The van der Waals surface area contributed by atoms with Crippen LogP contribution in [-0.2, 0) is 4.79 Å². The monoisotopic (exact) mass is 417 g/mol. The second-order valence-corrected chi connectivity index (χ2v) is 7.40. The molecule has 2 aromatic carbocycles. The van der Waals surface area contributed by atoms with E-state index in [0.29, 0.717) is 27.8 Å². The van der Waals surface area contributed by atoms with Crippen molar-refractivity contribution in [1.29, 1.82) is 0 Å². The van der Waals surface area contributed by atoms with Crippen molar-refractivity contribution in [2.24, 2.45) is 0 Å². The van der Waals surface area contributed by atoms with Crippen LogP contribution in [0.1, 0.15) is 10.4 Å². The number of aromatic nitrogens is 3. The highest BCUT2D eigenvalue weighted by molar-refractivity contribution is 7.14. The highest BCUT2D eigenvalue weighted by Crippen LogP contribution is 2.33. The van der Waals surface area contributed by atoms with Gasteiger partial charge in [-0.15, -0.1) is 11.3 Å². The number of ether oxygens (including phenoxy) is 1. The van der Waals surface area contributed by atoms with E-state index in [1.54, 1.807) is 35.1 Å². The van der Waals surface area contributed by atoms with E-state index in [1.165, 1.54) is 11.3 Å². The van der Waals surface area contributed by atoms with Gasteiger partial charge in [0.15, 0.2) is 11.7 Å². The first-order valence-electron chi connectivity index (χ1n) is 9.10. The van der Waals surface area contributed by atoms with E-state index in [0.717, 1.165) is 11.3 Å². The first-order chi connectivity index (χ1) is 14.7. The lowest BCUT2D eigenvalue weighted by molar-refractivity contribution is -0.118. The summed E-state index contributed by atoms with van der Waals surface area (Å²) >= 11 is 1.33. The topological polar surface area (TPSA) is 98.1 Å². The molecule has 0 bridgehead atoms. The van der Waals surface area contributed by atoms with Crippen LogP contribution in [0.25, 0.3) is 16.9 Å². The maximum atomic E-state index is 12.7. The summed E-state index contributed by atoms with van der Waals surface area (Å²) in [4.78, 5) is 28.7. The third-order valence-corrected chi connectivity index (χ3v) is 5.27. The quantitative estimate of drug-likeness (QED) is 0.529. The first kappa shape index (κ1) is 18.1. The fourth-order valence-corrected chi connectivity index (χ4v) is 3.80. The summed E-state index contributed by atoms with van der Waals surface area (Å²) in [5.74, 6) is 0.179. The molecule has 1 aliphatic heterocycles. The molecule has 0 radical (unpaired) electrons. The van der Waals surface area contributed by atoms with Crippen LogP contribution in [0.4, 0.5) is 10.8 Å². The van der Waals surface area contributed by atoms with Crippen LogP contribution in [0.15, 0.2) is 66.3 Å². The molecule has 0 aliphatic carbocycles. The van der Waals surface area contributed by atoms with E-state index in [1.807, 2.05) is 35.8 Å². The fourth-order valence-electron chi connectivity index (χ4n) is 3.09. The molecule has 2 aromatic heterocycles. The molecule has 9 heteroatoms. The summed E-state index contributed by atoms with van der Waals surface area (Å²) in [5, 5.41) is 12.1. The van der Waals surface area contributed by atoms with Crippen LogP contribution >= 0.6 is 11.3 Å². The minimum atomic E-state index is -0.254. The van der Waals surface area contributed by atoms with Crippen molar-refractivity contribution in [2.45, 2.75) is 0 Å². The molecular formula is C21H15N5O3S. The average Bonchev–Trinajstić information content (AvgIpc) is 3.46. The summed E-state index contributed by atoms with van der Waals surface area (Å²) in [6.07, 6.45) is 3.50. The highest BCUT2D eigenvalue weighted by atomic mass is 32.1. The molecule has 1 aliphatic rings. The lowest BCUT2D eigenvalue weighted by atomic mass is 10.1. The van der Waals surface area contributed by atoms with Crippen molar-refractivity contribution >= 4 is 34.0 Å². The van der Waals surface area contributed by atoms with E-state index in [4.69, 9.17) is 4.74 Å². The molecule has 2 amide bonds. The van der Waals surface area contributed by atoms with Crippen molar-refractivity contribution in [2.75, 3.05) is 17.2 Å². The largest absolute Gasteiger partial charge is 0.482 e. The van der Waals surface area contributed by atoms with Crippen molar-refractivity contribution in [3.05, 3.63) is 71.9 Å². The maximum Gasteiger partial charge on any atom is 0.262 e. The number of carbonyl (C=O) groups excluding carboxylic acids is 2. The molecule has 148 valence electrons. The van der Waals surface area contributed by atoms with Gasteiger partial charge in [-0.3, -0.25) is 14.9 Å². The molecular weight excluding hydrogens is 402 g/mol. The van der Waals surface area contributed by atoms with E-state index in [2.05, 4.69) is 20.7 Å². The summed E-state index contributed by atoms with van der Waals surface area (Å²) in [5.41, 5.74) is 3.43. The predicted molar refractivity (Wildman–Crippen MR) is 113 cm³/mol. The molecule has 30 heavy (non-hydrogen) atoms. The number of fused-ring (bicyclic) bond motifs is 1. The van der Waals surface area contributed by atoms with E-state index in [9.17, 15) is 9.59 Å². The first-order valence-corrected chi connectivity index (χ1v) is 9.98. The van der Waals surface area contributed by atoms with Gasteiger partial charge in [0.2, 0.25) is 0 Å². The zero-order valence-corrected chi connectivity index (χ0v) is 16.3. The second kappa shape index (κ2) is 7.45. The third kappa shape index (κ3) is 3.53. The predicted octanol–water partition coefficient (Wildman–Crippen LogP) is 3.58. The van der Waals surface area contributed by atoms with Crippen LogP contribution in [0.5, 0.6) is 5.75 Å². The summed E-state index contributed by atoms with van der Waals surface area (Å²) in [6, 6.07) is 14.5. The number of anilines is 2. The van der Waals surface area contributed by atoms with Crippen LogP contribution in [0.2, 0.25) is 0 Å². The number of rotatable bonds is 4. The van der Waals surface area contributed by atoms with E-state index < -0.39 is 0 Å². The summed E-state index contributed by atoms with van der Waals surface area (Å²) < 4.78 is 7.07. The minimum absolute atomic E-state index is 0.0147. The molecule has 3 heterocycles. The number of hydrogen-bond donors (Lipinski definition) is 2. The molecule has 2 N–H and O–H groups in total. The maximum absolute atomic E-state index is 12.7. The molecule has 0 spiro atoms. The molecule has 5 rings (SSSR count). The van der Waals surface area contributed by atoms with Crippen LogP contribution < -0.4 is 15.4 Å². The zero-order chi connectivity index (χ0) is 20.5. The van der Waals surface area contributed by atoms with Gasteiger partial charge in [-0.2, -0.15) is 5.10 Å². The van der Waals surface area contributed by atoms with Crippen molar-refractivity contribution in [3.63, 3.8) is 0 Å². The van der Waals surface area contributed by atoms with Gasteiger partial charge in [0, 0.05) is 28.9 Å². The summed E-state index contributed by atoms with van der Waals surface area (Å²) in [6.45, 7) is 0.0147. The van der Waals surface area contributed by atoms with E-state index in [-0.39, 0.29) is 18.4 Å². The molecule has 4 aromatic rings. The molecule has 0 saturated carbocycles. The van der Waals surface area contributed by atoms with Gasteiger partial charge in [-0.25, -0.2) is 9.67 Å². The number of hydrogen-bond acceptors (Lipinski definition) is 6. The van der Waals surface area contributed by atoms with Crippen molar-refractivity contribution < 1.29 is 14.3 Å². The SMILES string of the molecule is O=C1COc2ccc(-c3csc(NC(=O)c4cccc(-n5cccn5)c4)n3)cc2N1. The lowest BCUT2D eigenvalue weighted by Crippen LogP contribution is -2.25. The second-order valence-electron chi connectivity index (χ2n) is 6.54. The Labute approximate surface area is 175 Å². The number of thiazole rings is 1. The standard InChI is InChI=1S/C21H15N5O3S/c27-19-11-29-18-6-5-13(10-16(18)23-19)17-12-30-21(24-17)25-20(28)14-3-1-4-15(9-14)26-8-2-7-22-26/h1-10,12H,11H2,(H,23,27)(H,24,25,28). The number of nitrogens with one attached hydrogen (secondary N) is 2. The van der Waals surface area contributed by atoms with Crippen LogP contribution in [0, 0.1) is 0 Å². The average molecular weight is 417 g/mol. The normalized spacial score (nSPS) is 12.6. The van der Waals surface area contributed by atoms with Crippen molar-refractivity contribution in [3.8, 4) is 22.7 Å². The van der Waals surface area contributed by atoms with Gasteiger partial charge in [-0.1, -0.05) is 6.07 Å². The fraction of sp³-hybridized carbons (Fsp3) is 0.0476. The Morgan fingerprint density at radius 3 is 3.00 bits per heavy atom. The van der Waals surface area contributed by atoms with Gasteiger partial charge in [0.25, 0.3) is 11.8 Å². The number of carbonyl (C=O) groups is 2. The summed E-state index contributed by atoms with van der Waals surface area (Å²) in [7, 11) is 0. The van der Waals surface area contributed by atoms with E-state index >= 15 is 0 Å². The molecule has 0 unspecified atom stereocenters. The molecule has 0 fully saturated rings. The van der Waals surface area contributed by atoms with Crippen molar-refractivity contribution in [1.82, 2.24) is 14.8 Å². The Bertz CT molecular complexity index is 1250. The van der Waals surface area contributed by atoms with Gasteiger partial charge in [0.05, 0.1) is 17.1 Å². The Hall–Kier alpha value is -3.98. The Morgan fingerprint density at radius 1 is 1.20 bits per heavy atom. The number of amides is 2. The number of nitrogens with zero attached hydrogens (tertiary/aromatic N) is 3. The molecule has 8 nitrogen and oxygen atoms in total. The Kier molecular flexibility index (Phi) is 4.49. The highest BCUT2D eigenvalue weighted by Gasteiger charge is 2.17. The van der Waals surface area contributed by atoms with Gasteiger partial charge in [0.1, 0.15) is 5.75 Å². The van der Waals surface area contributed by atoms with Gasteiger partial charge in [-0.05, 0) is 42.5 Å². The molecule has 0 atom stereocenters. The van der Waals surface area contributed by atoms with Gasteiger partial charge >= 0.3 is 0 Å². The van der Waals surface area contributed by atoms with Gasteiger partial charge < -0.3 is 10.1 Å². The minimum Gasteiger partial charge on any atom is -0.482 e. The zero-order valence-electron chi connectivity index (χ0n) is 15.5. The number of benzene rings is 2. The Balaban J connectivity index is 1.34.